The molecule has 0 saturated heterocycles. The van der Waals surface area contributed by atoms with E-state index in [1.165, 1.54) is 0 Å². The van der Waals surface area contributed by atoms with Crippen molar-refractivity contribution in [3.63, 3.8) is 0 Å². The van der Waals surface area contributed by atoms with Crippen molar-refractivity contribution in [1.82, 2.24) is 10.6 Å². The Morgan fingerprint density at radius 3 is 2.23 bits per heavy atom. The molecule has 0 aliphatic heterocycles. The smallest absolute Gasteiger partial charge is 0.191 e. The molecule has 2 aromatic rings. The fraction of sp³-hybridized carbons (Fsp3) is 0.350. The summed E-state index contributed by atoms with van der Waals surface area (Å²) in [5.74, 6) is 0.814. The van der Waals surface area contributed by atoms with Gasteiger partial charge in [-0.25, -0.2) is 0 Å². The molecule has 0 bridgehead atoms. The van der Waals surface area contributed by atoms with Crippen LogP contribution in [0.5, 0.6) is 0 Å². The summed E-state index contributed by atoms with van der Waals surface area (Å²) in [6.45, 7) is 2.48. The molecule has 4 N–H and O–H groups in total. The molecule has 0 amide bonds. The third kappa shape index (κ3) is 8.05. The van der Waals surface area contributed by atoms with Crippen LogP contribution in [0.25, 0.3) is 0 Å². The van der Waals surface area contributed by atoms with E-state index in [-0.39, 0.29) is 36.5 Å². The highest BCUT2D eigenvalue weighted by Gasteiger charge is 2.10. The molecule has 2 rings (SSSR count). The highest BCUT2D eigenvalue weighted by Crippen LogP contribution is 2.13. The zero-order valence-electron chi connectivity index (χ0n) is 15.2. The van der Waals surface area contributed by atoms with E-state index in [4.69, 9.17) is 0 Å². The Balaban J connectivity index is 0.00000338. The average molecular weight is 468 g/mol. The van der Waals surface area contributed by atoms with Crippen LogP contribution in [-0.4, -0.2) is 44.4 Å². The average Bonchev–Trinajstić information content (AvgIpc) is 2.68. The van der Waals surface area contributed by atoms with E-state index < -0.39 is 0 Å². The topological polar surface area (TPSA) is 68.7 Å². The molecule has 0 fully saturated rings. The van der Waals surface area contributed by atoms with Gasteiger partial charge in [-0.05, 0) is 24.1 Å². The molecule has 6 heteroatoms. The summed E-state index contributed by atoms with van der Waals surface area (Å²) in [4.78, 5) is 4.24. The zero-order chi connectivity index (χ0) is 17.7. The Morgan fingerprint density at radius 2 is 1.62 bits per heavy atom. The zero-order valence-corrected chi connectivity index (χ0v) is 17.5. The van der Waals surface area contributed by atoms with E-state index in [9.17, 15) is 5.11 Å². The third-order valence-electron chi connectivity index (χ3n) is 3.98. The lowest BCUT2D eigenvalue weighted by Crippen LogP contribution is -2.40. The van der Waals surface area contributed by atoms with Crippen molar-refractivity contribution in [1.29, 1.82) is 0 Å². The van der Waals surface area contributed by atoms with E-state index in [1.807, 2.05) is 48.5 Å². The van der Waals surface area contributed by atoms with Crippen LogP contribution in [0.1, 0.15) is 17.9 Å². The Bertz CT molecular complexity index is 622. The number of aliphatic hydroxyl groups excluding tert-OH is 1. The minimum absolute atomic E-state index is 0. The Labute approximate surface area is 173 Å². The monoisotopic (exact) mass is 468 g/mol. The molecule has 0 aliphatic carbocycles. The first-order valence-corrected chi connectivity index (χ1v) is 8.72. The molecule has 0 spiro atoms. The van der Waals surface area contributed by atoms with Crippen molar-refractivity contribution in [2.24, 2.45) is 4.99 Å². The number of rotatable bonds is 9. The van der Waals surface area contributed by atoms with Gasteiger partial charge in [0.05, 0.1) is 6.61 Å². The van der Waals surface area contributed by atoms with Crippen molar-refractivity contribution in [3.8, 4) is 0 Å². The Kier molecular flexibility index (Phi) is 11.5. The summed E-state index contributed by atoms with van der Waals surface area (Å²) < 4.78 is 0. The molecule has 1 unspecified atom stereocenters. The second kappa shape index (κ2) is 13.4. The maximum absolute atomic E-state index is 9.61. The van der Waals surface area contributed by atoms with Gasteiger partial charge in [-0.15, -0.1) is 24.0 Å². The number of hydrogen-bond donors (Lipinski definition) is 4. The first-order valence-electron chi connectivity index (χ1n) is 8.72. The molecule has 2 aromatic carbocycles. The molecule has 0 heterocycles. The van der Waals surface area contributed by atoms with E-state index in [0.29, 0.717) is 6.54 Å². The number of hydrogen-bond acceptors (Lipinski definition) is 3. The summed E-state index contributed by atoms with van der Waals surface area (Å²) in [6, 6.07) is 20.2. The number of aliphatic imine (C=N–C) groups is 1. The summed E-state index contributed by atoms with van der Waals surface area (Å²) in [5, 5.41) is 19.6. The van der Waals surface area contributed by atoms with Crippen LogP contribution in [0.2, 0.25) is 0 Å². The van der Waals surface area contributed by atoms with E-state index >= 15 is 0 Å². The van der Waals surface area contributed by atoms with Gasteiger partial charge in [0.1, 0.15) is 0 Å². The standard InChI is InChI=1S/C20H28N4O.HI/c1-21-20(23-14-8-13-22-19-11-6-3-7-12-19)24-15-18(16-25)17-9-4-2-5-10-17;/h2-7,9-12,18,22,25H,8,13-16H2,1H3,(H2,21,23,24);1H. The number of nitrogens with one attached hydrogen (secondary N) is 3. The van der Waals surface area contributed by atoms with Crippen LogP contribution >= 0.6 is 24.0 Å². The first kappa shape index (κ1) is 22.2. The predicted molar refractivity (Wildman–Crippen MR) is 121 cm³/mol. The van der Waals surface area contributed by atoms with Crippen LogP contribution in [-0.2, 0) is 0 Å². The SMILES string of the molecule is CN=C(NCCCNc1ccccc1)NCC(CO)c1ccccc1.I. The molecule has 0 saturated carbocycles. The van der Waals surface area contributed by atoms with Gasteiger partial charge in [-0.2, -0.15) is 0 Å². The highest BCUT2D eigenvalue weighted by molar-refractivity contribution is 14.0. The second-order valence-electron chi connectivity index (χ2n) is 5.82. The summed E-state index contributed by atoms with van der Waals surface area (Å²) >= 11 is 0. The molecule has 0 aromatic heterocycles. The second-order valence-corrected chi connectivity index (χ2v) is 5.82. The van der Waals surface area contributed by atoms with Gasteiger partial charge in [-0.3, -0.25) is 4.99 Å². The normalized spacial score (nSPS) is 12.0. The van der Waals surface area contributed by atoms with Crippen LogP contribution < -0.4 is 16.0 Å². The molecule has 0 radical (unpaired) electrons. The fourth-order valence-corrected chi connectivity index (χ4v) is 2.54. The molecule has 1 atom stereocenters. The van der Waals surface area contributed by atoms with Crippen LogP contribution in [0.3, 0.4) is 0 Å². The molecule has 5 nitrogen and oxygen atoms in total. The van der Waals surface area contributed by atoms with Gasteiger partial charge in [-0.1, -0.05) is 48.5 Å². The van der Waals surface area contributed by atoms with E-state index in [0.717, 1.165) is 36.7 Å². The number of nitrogens with zero attached hydrogens (tertiary/aromatic N) is 1. The fourth-order valence-electron chi connectivity index (χ4n) is 2.54. The van der Waals surface area contributed by atoms with Gasteiger partial charge >= 0.3 is 0 Å². The van der Waals surface area contributed by atoms with Crippen molar-refractivity contribution in [2.45, 2.75) is 12.3 Å². The predicted octanol–water partition coefficient (Wildman–Crippen LogP) is 3.05. The minimum atomic E-state index is 0. The van der Waals surface area contributed by atoms with Gasteiger partial charge in [0.25, 0.3) is 0 Å². The summed E-state index contributed by atoms with van der Waals surface area (Å²) in [6.07, 6.45) is 0.984. The maximum Gasteiger partial charge on any atom is 0.191 e. The van der Waals surface area contributed by atoms with Crippen LogP contribution in [0.4, 0.5) is 5.69 Å². The van der Waals surface area contributed by atoms with Crippen molar-refractivity contribution in [3.05, 3.63) is 66.2 Å². The molecule has 142 valence electrons. The van der Waals surface area contributed by atoms with E-state index in [1.54, 1.807) is 7.05 Å². The number of anilines is 1. The van der Waals surface area contributed by atoms with Crippen molar-refractivity contribution in [2.75, 3.05) is 38.6 Å². The van der Waals surface area contributed by atoms with Gasteiger partial charge in [0.2, 0.25) is 0 Å². The first-order chi connectivity index (χ1) is 12.3. The quantitative estimate of drug-likeness (QED) is 0.198. The van der Waals surface area contributed by atoms with Gasteiger partial charge in [0.15, 0.2) is 5.96 Å². The van der Waals surface area contributed by atoms with Crippen LogP contribution in [0.15, 0.2) is 65.7 Å². The minimum Gasteiger partial charge on any atom is -0.396 e. The highest BCUT2D eigenvalue weighted by atomic mass is 127. The molecule has 26 heavy (non-hydrogen) atoms. The Hall–Kier alpha value is -1.80. The van der Waals surface area contributed by atoms with Gasteiger partial charge < -0.3 is 21.1 Å². The molecular formula is C20H29IN4O. The number of aliphatic hydroxyl groups is 1. The number of guanidine groups is 1. The summed E-state index contributed by atoms with van der Waals surface area (Å²) in [5.41, 5.74) is 2.26. The lowest BCUT2D eigenvalue weighted by atomic mass is 10.0. The lowest BCUT2D eigenvalue weighted by molar-refractivity contribution is 0.265. The number of benzene rings is 2. The number of halogens is 1. The lowest BCUT2D eigenvalue weighted by Gasteiger charge is -2.18. The third-order valence-corrected chi connectivity index (χ3v) is 3.98. The van der Waals surface area contributed by atoms with Crippen molar-refractivity contribution >= 4 is 35.6 Å². The number of para-hydroxylation sites is 1. The van der Waals surface area contributed by atoms with Crippen molar-refractivity contribution < 1.29 is 5.11 Å². The van der Waals surface area contributed by atoms with Gasteiger partial charge in [0, 0.05) is 38.3 Å². The van der Waals surface area contributed by atoms with Crippen LogP contribution in [0, 0.1) is 0 Å². The molecule has 0 aliphatic rings. The summed E-state index contributed by atoms with van der Waals surface area (Å²) in [7, 11) is 1.76. The van der Waals surface area contributed by atoms with E-state index in [2.05, 4.69) is 33.1 Å². The molecular weight excluding hydrogens is 439 g/mol. The largest absolute Gasteiger partial charge is 0.396 e. The maximum atomic E-state index is 9.61. The Morgan fingerprint density at radius 1 is 0.962 bits per heavy atom.